The first-order chi connectivity index (χ1) is 11.0. The third-order valence-corrected chi connectivity index (χ3v) is 4.92. The third kappa shape index (κ3) is 5.69. The van der Waals surface area contributed by atoms with Crippen molar-refractivity contribution in [2.75, 3.05) is 26.7 Å². The minimum Gasteiger partial charge on any atom is -0.453 e. The molecule has 1 aliphatic heterocycles. The van der Waals surface area contributed by atoms with E-state index < -0.39 is 10.0 Å². The molecule has 1 amide bonds. The summed E-state index contributed by atoms with van der Waals surface area (Å²) in [5.41, 5.74) is 0.837. The normalized spacial score (nSPS) is 16.7. The average molecular weight is 338 g/mol. The summed E-state index contributed by atoms with van der Waals surface area (Å²) < 4.78 is 31.3. The number of rotatable bonds is 5. The minimum atomic E-state index is -3.45. The molecule has 1 aromatic rings. The third-order valence-electron chi connectivity index (χ3n) is 3.86. The van der Waals surface area contributed by atoms with Gasteiger partial charge < -0.3 is 9.64 Å². The van der Waals surface area contributed by atoms with Crippen LogP contribution < -0.4 is 4.72 Å². The molecule has 126 valence electrons. The largest absolute Gasteiger partial charge is 0.453 e. The summed E-state index contributed by atoms with van der Waals surface area (Å²) in [5.74, 6) is 0.232. The second-order valence-electron chi connectivity index (χ2n) is 5.51. The monoisotopic (exact) mass is 338 g/mol. The van der Waals surface area contributed by atoms with Gasteiger partial charge in [-0.2, -0.15) is 0 Å². The molecular weight excluding hydrogens is 316 g/mol. The molecule has 0 spiro atoms. The SMILES string of the molecule is COC(=O)N1CCC(CNS(=O)(=O)C=Cc2ccccc2)CC1. The van der Waals surface area contributed by atoms with Crippen LogP contribution >= 0.6 is 0 Å². The smallest absolute Gasteiger partial charge is 0.409 e. The van der Waals surface area contributed by atoms with Gasteiger partial charge in [-0.1, -0.05) is 30.3 Å². The van der Waals surface area contributed by atoms with Crippen molar-refractivity contribution in [3.8, 4) is 0 Å². The van der Waals surface area contributed by atoms with Crippen molar-refractivity contribution in [1.82, 2.24) is 9.62 Å². The summed E-state index contributed by atoms with van der Waals surface area (Å²) in [7, 11) is -2.09. The Morgan fingerprint density at radius 2 is 1.96 bits per heavy atom. The molecule has 7 heteroatoms. The first-order valence-corrected chi connectivity index (χ1v) is 9.10. The summed E-state index contributed by atoms with van der Waals surface area (Å²) in [6.45, 7) is 1.58. The Labute approximate surface area is 137 Å². The summed E-state index contributed by atoms with van der Waals surface area (Å²) in [4.78, 5) is 13.0. The molecule has 6 nitrogen and oxygen atoms in total. The Morgan fingerprint density at radius 3 is 2.57 bits per heavy atom. The van der Waals surface area contributed by atoms with Gasteiger partial charge in [-0.3, -0.25) is 0 Å². The lowest BCUT2D eigenvalue weighted by Gasteiger charge is -2.30. The number of ether oxygens (including phenoxy) is 1. The van der Waals surface area contributed by atoms with Gasteiger partial charge in [0.1, 0.15) is 0 Å². The van der Waals surface area contributed by atoms with E-state index in [1.807, 2.05) is 30.3 Å². The lowest BCUT2D eigenvalue weighted by molar-refractivity contribution is 0.106. The van der Waals surface area contributed by atoms with Crippen molar-refractivity contribution < 1.29 is 17.9 Å². The maximum absolute atomic E-state index is 12.0. The topological polar surface area (TPSA) is 75.7 Å². The number of amides is 1. The van der Waals surface area contributed by atoms with E-state index in [2.05, 4.69) is 9.46 Å². The Hall–Kier alpha value is -1.86. The molecule has 0 bridgehead atoms. The minimum absolute atomic E-state index is 0.232. The van der Waals surface area contributed by atoms with Crippen molar-refractivity contribution in [3.05, 3.63) is 41.3 Å². The standard InChI is InChI=1S/C16H22N2O4S/c1-22-16(19)18-10-7-15(8-11-18)13-17-23(20,21)12-9-14-5-3-2-4-6-14/h2-6,9,12,15,17H,7-8,10-11,13H2,1H3. The van der Waals surface area contributed by atoms with E-state index in [0.29, 0.717) is 19.6 Å². The van der Waals surface area contributed by atoms with Crippen LogP contribution in [0, 0.1) is 5.92 Å². The number of hydrogen-bond acceptors (Lipinski definition) is 4. The molecule has 0 atom stereocenters. The molecule has 1 aliphatic rings. The second-order valence-corrected chi connectivity index (χ2v) is 7.16. The average Bonchev–Trinajstić information content (AvgIpc) is 2.59. The zero-order chi connectivity index (χ0) is 16.7. The van der Waals surface area contributed by atoms with Gasteiger partial charge in [0, 0.05) is 25.0 Å². The molecule has 1 saturated heterocycles. The molecule has 1 heterocycles. The zero-order valence-corrected chi connectivity index (χ0v) is 14.0. The van der Waals surface area contributed by atoms with Crippen LogP contribution in [-0.4, -0.2) is 46.2 Å². The van der Waals surface area contributed by atoms with Gasteiger partial charge in [0.05, 0.1) is 7.11 Å². The summed E-state index contributed by atoms with van der Waals surface area (Å²) >= 11 is 0. The van der Waals surface area contributed by atoms with E-state index in [4.69, 9.17) is 0 Å². The van der Waals surface area contributed by atoms with Gasteiger partial charge in [-0.15, -0.1) is 0 Å². The van der Waals surface area contributed by atoms with Crippen LogP contribution in [0.25, 0.3) is 6.08 Å². The number of methoxy groups -OCH3 is 1. The van der Waals surface area contributed by atoms with Crippen molar-refractivity contribution in [3.63, 3.8) is 0 Å². The molecule has 23 heavy (non-hydrogen) atoms. The van der Waals surface area contributed by atoms with Gasteiger partial charge in [0.2, 0.25) is 10.0 Å². The highest BCUT2D eigenvalue weighted by atomic mass is 32.2. The van der Waals surface area contributed by atoms with E-state index in [0.717, 1.165) is 18.4 Å². The highest BCUT2D eigenvalue weighted by Gasteiger charge is 2.23. The predicted octanol–water partition coefficient (Wildman–Crippen LogP) is 2.06. The second kappa shape index (κ2) is 8.12. The summed E-state index contributed by atoms with van der Waals surface area (Å²) in [6.07, 6.45) is 2.78. The number of hydrogen-bond donors (Lipinski definition) is 1. The molecule has 0 saturated carbocycles. The van der Waals surface area contributed by atoms with E-state index in [9.17, 15) is 13.2 Å². The molecule has 0 aliphatic carbocycles. The highest BCUT2D eigenvalue weighted by Crippen LogP contribution is 2.17. The lowest BCUT2D eigenvalue weighted by Crippen LogP contribution is -2.41. The number of piperidine rings is 1. The van der Waals surface area contributed by atoms with Crippen LogP contribution in [0.2, 0.25) is 0 Å². The number of likely N-dealkylation sites (tertiary alicyclic amines) is 1. The maximum atomic E-state index is 12.0. The summed E-state index contributed by atoms with van der Waals surface area (Å²) in [5, 5.41) is 1.19. The van der Waals surface area contributed by atoms with Crippen molar-refractivity contribution in [1.29, 1.82) is 0 Å². The van der Waals surface area contributed by atoms with Gasteiger partial charge in [-0.25, -0.2) is 17.9 Å². The lowest BCUT2D eigenvalue weighted by atomic mass is 9.97. The molecule has 2 rings (SSSR count). The fraction of sp³-hybridized carbons (Fsp3) is 0.438. The molecule has 0 aromatic heterocycles. The number of sulfonamides is 1. The predicted molar refractivity (Wildman–Crippen MR) is 89.1 cm³/mol. The van der Waals surface area contributed by atoms with E-state index in [1.165, 1.54) is 12.5 Å². The van der Waals surface area contributed by atoms with Crippen LogP contribution in [0.3, 0.4) is 0 Å². The molecule has 0 unspecified atom stereocenters. The first-order valence-electron chi connectivity index (χ1n) is 7.56. The molecule has 0 radical (unpaired) electrons. The summed E-state index contributed by atoms with van der Waals surface area (Å²) in [6, 6.07) is 9.28. The Morgan fingerprint density at radius 1 is 1.30 bits per heavy atom. The zero-order valence-electron chi connectivity index (χ0n) is 13.1. The van der Waals surface area contributed by atoms with Gasteiger partial charge in [-0.05, 0) is 30.4 Å². The van der Waals surface area contributed by atoms with Gasteiger partial charge in [0.15, 0.2) is 0 Å². The molecule has 1 fully saturated rings. The van der Waals surface area contributed by atoms with Crippen LogP contribution in [0.1, 0.15) is 18.4 Å². The Balaban J connectivity index is 1.79. The van der Waals surface area contributed by atoms with Crippen LogP contribution in [0.15, 0.2) is 35.7 Å². The quantitative estimate of drug-likeness (QED) is 0.891. The van der Waals surface area contributed by atoms with Crippen LogP contribution in [0.4, 0.5) is 4.79 Å². The van der Waals surface area contributed by atoms with E-state index >= 15 is 0 Å². The molecule has 1 aromatic carbocycles. The first kappa shape index (κ1) is 17.5. The number of carbonyl (C=O) groups is 1. The number of carbonyl (C=O) groups excluding carboxylic acids is 1. The fourth-order valence-corrected chi connectivity index (χ4v) is 3.36. The molecule has 1 N–H and O–H groups in total. The van der Waals surface area contributed by atoms with E-state index in [1.54, 1.807) is 11.0 Å². The van der Waals surface area contributed by atoms with Crippen molar-refractivity contribution in [2.45, 2.75) is 12.8 Å². The Bertz CT molecular complexity index is 635. The van der Waals surface area contributed by atoms with Gasteiger partial charge >= 0.3 is 6.09 Å². The fourth-order valence-electron chi connectivity index (χ4n) is 2.46. The van der Waals surface area contributed by atoms with Gasteiger partial charge in [0.25, 0.3) is 0 Å². The maximum Gasteiger partial charge on any atom is 0.409 e. The number of nitrogens with zero attached hydrogens (tertiary/aromatic N) is 1. The Kier molecular flexibility index (Phi) is 6.18. The highest BCUT2D eigenvalue weighted by molar-refractivity contribution is 7.92. The number of nitrogens with one attached hydrogen (secondary N) is 1. The van der Waals surface area contributed by atoms with Crippen LogP contribution in [-0.2, 0) is 14.8 Å². The van der Waals surface area contributed by atoms with Crippen LogP contribution in [0.5, 0.6) is 0 Å². The number of benzene rings is 1. The molecular formula is C16H22N2O4S. The van der Waals surface area contributed by atoms with E-state index in [-0.39, 0.29) is 12.0 Å². The van der Waals surface area contributed by atoms with Crippen molar-refractivity contribution in [2.24, 2.45) is 5.92 Å². The van der Waals surface area contributed by atoms with Crippen molar-refractivity contribution >= 4 is 22.2 Å².